The molecule has 0 amide bonds. The molecule has 0 N–H and O–H groups in total. The molecule has 0 fully saturated rings. The summed E-state index contributed by atoms with van der Waals surface area (Å²) in [5, 5.41) is 1.30. The van der Waals surface area contributed by atoms with E-state index in [9.17, 15) is 27.2 Å². The molecular weight excluding hydrogens is 860 g/mol. The number of carbonyl (C=O) groups is 2. The lowest BCUT2D eigenvalue weighted by atomic mass is 9.69. The molecule has 4 aromatic carbocycles. The molecule has 3 aliphatic rings. The van der Waals surface area contributed by atoms with Gasteiger partial charge in [-0.2, -0.15) is 0 Å². The van der Waals surface area contributed by atoms with E-state index in [4.69, 9.17) is 0 Å². The van der Waals surface area contributed by atoms with Gasteiger partial charge >= 0.3 is 0 Å². The van der Waals surface area contributed by atoms with Crippen LogP contribution in [0.4, 0.5) is 17.6 Å². The molecule has 0 heterocycles. The van der Waals surface area contributed by atoms with E-state index in [0.29, 0.717) is 43.9 Å². The minimum absolute atomic E-state index is 0.138. The number of carbonyl (C=O) groups excluding carboxylic acids is 2. The first-order chi connectivity index (χ1) is 21.9. The molecule has 1 unspecified atom stereocenters. The van der Waals surface area contributed by atoms with Crippen LogP contribution in [0, 0.1) is 28.7 Å². The monoisotopic (exact) mass is 884 g/mol. The van der Waals surface area contributed by atoms with Crippen LogP contribution in [0.3, 0.4) is 0 Å². The van der Waals surface area contributed by atoms with Crippen LogP contribution in [-0.4, -0.2) is 16.9 Å². The summed E-state index contributed by atoms with van der Waals surface area (Å²) in [6.45, 7) is 0. The molecular formula is C36H28Br4F4O2. The first-order valence-electron chi connectivity index (χ1n) is 14.6. The maximum Gasteiger partial charge on any atom is 0.169 e. The number of alkyl halides is 2. The van der Waals surface area contributed by atoms with Gasteiger partial charge in [-0.15, -0.1) is 0 Å². The van der Waals surface area contributed by atoms with Gasteiger partial charge in [0.05, 0.1) is 0 Å². The number of benzene rings is 4. The molecule has 1 atom stereocenters. The lowest BCUT2D eigenvalue weighted by Crippen LogP contribution is -2.35. The van der Waals surface area contributed by atoms with Gasteiger partial charge < -0.3 is 0 Å². The van der Waals surface area contributed by atoms with Crippen LogP contribution in [0.1, 0.15) is 66.9 Å². The van der Waals surface area contributed by atoms with Gasteiger partial charge in [-0.3, -0.25) is 9.59 Å². The SMILES string of the molecule is Fc1cc(CBr)c(CCBr)cc1F.O=C1CCc2ccc(Br)cc21.O=C1c2cc(Br)ccc2CC12CCc1cc(F)c(F)cc1C2. The van der Waals surface area contributed by atoms with Crippen molar-refractivity contribution in [1.29, 1.82) is 0 Å². The molecule has 7 rings (SSSR count). The fourth-order valence-corrected chi connectivity index (χ4v) is 8.01. The Hall–Kier alpha value is -2.14. The van der Waals surface area contributed by atoms with E-state index < -0.39 is 28.7 Å². The van der Waals surface area contributed by atoms with Crippen LogP contribution in [0.25, 0.3) is 0 Å². The molecule has 240 valence electrons. The molecule has 2 nitrogen and oxygen atoms in total. The predicted molar refractivity (Wildman–Crippen MR) is 186 cm³/mol. The average molecular weight is 888 g/mol. The van der Waals surface area contributed by atoms with E-state index in [1.54, 1.807) is 0 Å². The Morgan fingerprint density at radius 2 is 1.17 bits per heavy atom. The Bertz CT molecular complexity index is 1830. The Labute approximate surface area is 298 Å². The van der Waals surface area contributed by atoms with Gasteiger partial charge in [-0.1, -0.05) is 75.9 Å². The van der Waals surface area contributed by atoms with E-state index in [1.807, 2.05) is 36.4 Å². The van der Waals surface area contributed by atoms with Gasteiger partial charge in [0, 0.05) is 42.6 Å². The lowest BCUT2D eigenvalue weighted by Gasteiger charge is -2.33. The van der Waals surface area contributed by atoms with E-state index in [1.165, 1.54) is 29.8 Å². The Morgan fingerprint density at radius 1 is 0.609 bits per heavy atom. The normalized spacial score (nSPS) is 17.5. The number of rotatable bonds is 3. The highest BCUT2D eigenvalue weighted by atomic mass is 79.9. The first-order valence-corrected chi connectivity index (χ1v) is 18.5. The summed E-state index contributed by atoms with van der Waals surface area (Å²) in [6, 6.07) is 16.7. The predicted octanol–water partition coefficient (Wildman–Crippen LogP) is 11.0. The molecule has 10 heteroatoms. The van der Waals surface area contributed by atoms with Crippen LogP contribution in [0.15, 0.2) is 69.6 Å². The number of Topliss-reactive ketones (excluding diaryl/α,β-unsaturated/α-hetero) is 2. The minimum Gasteiger partial charge on any atom is -0.294 e. The molecule has 4 aromatic rings. The molecule has 1 spiro atoms. The van der Waals surface area contributed by atoms with Crippen LogP contribution in [0.2, 0.25) is 0 Å². The zero-order valence-corrected chi connectivity index (χ0v) is 30.8. The van der Waals surface area contributed by atoms with Crippen molar-refractivity contribution in [2.24, 2.45) is 5.41 Å². The molecule has 0 saturated heterocycles. The van der Waals surface area contributed by atoms with E-state index in [-0.39, 0.29) is 11.6 Å². The summed E-state index contributed by atoms with van der Waals surface area (Å²) in [4.78, 5) is 24.1. The summed E-state index contributed by atoms with van der Waals surface area (Å²) in [6.07, 6.45) is 4.80. The van der Waals surface area contributed by atoms with Gasteiger partial charge in [-0.05, 0) is 120 Å². The van der Waals surface area contributed by atoms with Crippen molar-refractivity contribution in [3.05, 3.63) is 137 Å². The molecule has 0 bridgehead atoms. The number of halogens is 8. The highest BCUT2D eigenvalue weighted by molar-refractivity contribution is 9.11. The van der Waals surface area contributed by atoms with Crippen molar-refractivity contribution >= 4 is 75.3 Å². The van der Waals surface area contributed by atoms with Gasteiger partial charge in [0.25, 0.3) is 0 Å². The molecule has 0 saturated carbocycles. The fraction of sp³-hybridized carbons (Fsp3) is 0.278. The second kappa shape index (κ2) is 15.0. The van der Waals surface area contributed by atoms with E-state index >= 15 is 0 Å². The van der Waals surface area contributed by atoms with Gasteiger partial charge in [0.2, 0.25) is 0 Å². The van der Waals surface area contributed by atoms with Crippen LogP contribution >= 0.6 is 63.7 Å². The fourth-order valence-electron chi connectivity index (χ4n) is 6.34. The van der Waals surface area contributed by atoms with Gasteiger partial charge in [0.15, 0.2) is 34.8 Å². The number of aryl methyl sites for hydroxylation is 3. The van der Waals surface area contributed by atoms with Crippen molar-refractivity contribution in [3.63, 3.8) is 0 Å². The van der Waals surface area contributed by atoms with Crippen molar-refractivity contribution in [2.75, 3.05) is 5.33 Å². The zero-order valence-electron chi connectivity index (χ0n) is 24.5. The molecule has 3 aliphatic carbocycles. The molecule has 0 radical (unpaired) electrons. The average Bonchev–Trinajstić information content (AvgIpc) is 3.52. The third kappa shape index (κ3) is 7.61. The van der Waals surface area contributed by atoms with Crippen molar-refractivity contribution in [2.45, 2.75) is 50.3 Å². The van der Waals surface area contributed by atoms with E-state index in [0.717, 1.165) is 59.6 Å². The third-order valence-electron chi connectivity index (χ3n) is 8.72. The zero-order chi connectivity index (χ0) is 33.2. The van der Waals surface area contributed by atoms with Crippen molar-refractivity contribution < 1.29 is 27.2 Å². The summed E-state index contributed by atoms with van der Waals surface area (Å²) in [5.41, 5.74) is 6.67. The summed E-state index contributed by atoms with van der Waals surface area (Å²) in [7, 11) is 0. The summed E-state index contributed by atoms with van der Waals surface area (Å²) < 4.78 is 54.4. The summed E-state index contributed by atoms with van der Waals surface area (Å²) in [5.74, 6) is -2.78. The second-order valence-electron chi connectivity index (χ2n) is 11.6. The van der Waals surface area contributed by atoms with Gasteiger partial charge in [-0.25, -0.2) is 17.6 Å². The van der Waals surface area contributed by atoms with Gasteiger partial charge in [0.1, 0.15) is 0 Å². The number of hydrogen-bond donors (Lipinski definition) is 0. The molecule has 46 heavy (non-hydrogen) atoms. The second-order valence-corrected chi connectivity index (χ2v) is 14.8. The highest BCUT2D eigenvalue weighted by Crippen LogP contribution is 2.47. The summed E-state index contributed by atoms with van der Waals surface area (Å²) >= 11 is 13.2. The Kier molecular flexibility index (Phi) is 11.4. The smallest absolute Gasteiger partial charge is 0.169 e. The van der Waals surface area contributed by atoms with Crippen molar-refractivity contribution in [3.8, 4) is 0 Å². The number of ketones is 2. The molecule has 0 aromatic heterocycles. The quantitative estimate of drug-likeness (QED) is 0.152. The van der Waals surface area contributed by atoms with Crippen LogP contribution < -0.4 is 0 Å². The lowest BCUT2D eigenvalue weighted by molar-refractivity contribution is 0.0793. The Morgan fingerprint density at radius 3 is 1.83 bits per heavy atom. The number of hydrogen-bond acceptors (Lipinski definition) is 2. The maximum absolute atomic E-state index is 13.5. The van der Waals surface area contributed by atoms with Crippen LogP contribution in [0.5, 0.6) is 0 Å². The highest BCUT2D eigenvalue weighted by Gasteiger charge is 2.47. The largest absolute Gasteiger partial charge is 0.294 e. The maximum atomic E-state index is 13.5. The first kappa shape index (κ1) is 35.2. The molecule has 0 aliphatic heterocycles. The Balaban J connectivity index is 0.000000148. The topological polar surface area (TPSA) is 34.1 Å². The van der Waals surface area contributed by atoms with Crippen molar-refractivity contribution in [1.82, 2.24) is 0 Å². The standard InChI is InChI=1S/C18H13BrF2O.C9H8Br2F2.C9H7BrO/c19-13-2-1-11-8-18(17(22)14(11)7-13)4-3-10-5-15(20)16(21)6-12(10)9-18;10-2-1-6-3-8(12)9(13)4-7(6)5-11;10-7-3-1-6-2-4-9(11)8(6)5-7/h1-2,5-7H,3-4,8-9H2;3-4H,1-2,5H2;1,3,5H,2,4H2. The minimum atomic E-state index is -0.832. The van der Waals surface area contributed by atoms with Crippen LogP contribution in [-0.2, 0) is 37.4 Å². The number of fused-ring (bicyclic) bond motifs is 3. The van der Waals surface area contributed by atoms with E-state index in [2.05, 4.69) is 63.7 Å². The third-order valence-corrected chi connectivity index (χ3v) is 10.7.